The summed E-state index contributed by atoms with van der Waals surface area (Å²) in [5.74, 6) is 0.588. The van der Waals surface area contributed by atoms with Crippen LogP contribution in [0.1, 0.15) is 39.4 Å². The summed E-state index contributed by atoms with van der Waals surface area (Å²) in [6.45, 7) is 1.04. The van der Waals surface area contributed by atoms with Gasteiger partial charge in [-0.05, 0) is 50.5 Å². The van der Waals surface area contributed by atoms with E-state index in [4.69, 9.17) is 0 Å². The Bertz CT molecular complexity index is 666. The van der Waals surface area contributed by atoms with Crippen molar-refractivity contribution in [2.24, 2.45) is 0 Å². The van der Waals surface area contributed by atoms with E-state index in [1.165, 1.54) is 11.1 Å². The van der Waals surface area contributed by atoms with Crippen molar-refractivity contribution in [1.82, 2.24) is 4.90 Å². The minimum atomic E-state index is 0. The zero-order valence-electron chi connectivity index (χ0n) is 13.1. The van der Waals surface area contributed by atoms with Gasteiger partial charge in [0.1, 0.15) is 0 Å². The first-order valence-electron chi connectivity index (χ1n) is 7.53. The van der Waals surface area contributed by atoms with Crippen molar-refractivity contribution in [2.45, 2.75) is 18.8 Å². The van der Waals surface area contributed by atoms with Crippen molar-refractivity contribution < 1.29 is 4.79 Å². The predicted octanol–water partition coefficient (Wildman–Crippen LogP) is 3.93. The van der Waals surface area contributed by atoms with Crippen molar-refractivity contribution in [2.75, 3.05) is 20.6 Å². The van der Waals surface area contributed by atoms with Crippen LogP contribution in [0, 0.1) is 0 Å². The topological polar surface area (TPSA) is 20.3 Å². The fourth-order valence-electron chi connectivity index (χ4n) is 3.17. The van der Waals surface area contributed by atoms with Gasteiger partial charge in [-0.2, -0.15) is 0 Å². The number of halogens is 1. The summed E-state index contributed by atoms with van der Waals surface area (Å²) < 4.78 is 0. The smallest absolute Gasteiger partial charge is 0.193 e. The number of benzene rings is 2. The van der Waals surface area contributed by atoms with E-state index in [9.17, 15) is 4.79 Å². The van der Waals surface area contributed by atoms with E-state index >= 15 is 0 Å². The second-order valence-electron chi connectivity index (χ2n) is 6.07. The number of carbonyl (C=O) groups excluding carboxylic acids is 1. The van der Waals surface area contributed by atoms with Crippen molar-refractivity contribution in [3.05, 3.63) is 70.8 Å². The predicted molar refractivity (Wildman–Crippen MR) is 93.2 cm³/mol. The number of rotatable bonds is 3. The quantitative estimate of drug-likeness (QED) is 0.855. The van der Waals surface area contributed by atoms with Crippen LogP contribution >= 0.6 is 12.4 Å². The molecule has 0 spiro atoms. The lowest BCUT2D eigenvalue weighted by Crippen LogP contribution is -2.17. The second kappa shape index (κ2) is 7.08. The molecular formula is C19H22ClNO. The Labute approximate surface area is 138 Å². The molecule has 2 aromatic carbocycles. The molecule has 3 rings (SSSR count). The average molecular weight is 316 g/mol. The Morgan fingerprint density at radius 3 is 2.36 bits per heavy atom. The molecule has 1 aliphatic carbocycles. The molecule has 0 amide bonds. The summed E-state index contributed by atoms with van der Waals surface area (Å²) in [7, 11) is 4.20. The Morgan fingerprint density at radius 1 is 1.00 bits per heavy atom. The molecule has 0 aliphatic heterocycles. The molecule has 0 saturated carbocycles. The second-order valence-corrected chi connectivity index (χ2v) is 6.07. The molecule has 0 bridgehead atoms. The maximum atomic E-state index is 12.8. The molecule has 1 unspecified atom stereocenters. The highest BCUT2D eigenvalue weighted by Crippen LogP contribution is 2.33. The summed E-state index contributed by atoms with van der Waals surface area (Å²) >= 11 is 0. The molecular weight excluding hydrogens is 294 g/mol. The SMILES string of the molecule is CN(C)CCC1Cc2ccccc2C(=O)c2ccccc21.Cl. The Hall–Kier alpha value is -1.64. The van der Waals surface area contributed by atoms with Gasteiger partial charge in [0.2, 0.25) is 0 Å². The van der Waals surface area contributed by atoms with E-state index in [1.54, 1.807) is 0 Å². The molecule has 0 N–H and O–H groups in total. The molecule has 3 heteroatoms. The van der Waals surface area contributed by atoms with Crippen LogP contribution in [0.4, 0.5) is 0 Å². The average Bonchev–Trinajstić information content (AvgIpc) is 2.62. The molecule has 2 aromatic rings. The van der Waals surface area contributed by atoms with Crippen molar-refractivity contribution in [3.8, 4) is 0 Å². The summed E-state index contributed by atoms with van der Waals surface area (Å²) in [5, 5.41) is 0. The third-order valence-electron chi connectivity index (χ3n) is 4.30. The molecule has 0 heterocycles. The van der Waals surface area contributed by atoms with Gasteiger partial charge in [0.15, 0.2) is 5.78 Å². The van der Waals surface area contributed by atoms with Crippen LogP contribution in [0.3, 0.4) is 0 Å². The first-order valence-corrected chi connectivity index (χ1v) is 7.53. The van der Waals surface area contributed by atoms with Gasteiger partial charge in [0, 0.05) is 11.1 Å². The maximum absolute atomic E-state index is 12.8. The Kier molecular flexibility index (Phi) is 5.38. The van der Waals surface area contributed by atoms with Crippen LogP contribution in [0.2, 0.25) is 0 Å². The Morgan fingerprint density at radius 2 is 1.64 bits per heavy atom. The van der Waals surface area contributed by atoms with Crippen LogP contribution in [0.25, 0.3) is 0 Å². The highest BCUT2D eigenvalue weighted by atomic mass is 35.5. The van der Waals surface area contributed by atoms with Crippen LogP contribution in [-0.4, -0.2) is 31.3 Å². The van der Waals surface area contributed by atoms with E-state index < -0.39 is 0 Å². The number of nitrogens with zero attached hydrogens (tertiary/aromatic N) is 1. The van der Waals surface area contributed by atoms with E-state index in [0.29, 0.717) is 5.92 Å². The molecule has 2 nitrogen and oxygen atoms in total. The maximum Gasteiger partial charge on any atom is 0.193 e. The summed E-state index contributed by atoms with van der Waals surface area (Å²) in [4.78, 5) is 15.0. The zero-order chi connectivity index (χ0) is 14.8. The fourth-order valence-corrected chi connectivity index (χ4v) is 3.17. The molecule has 0 fully saturated rings. The third-order valence-corrected chi connectivity index (χ3v) is 4.30. The van der Waals surface area contributed by atoms with Crippen LogP contribution in [0.15, 0.2) is 48.5 Å². The van der Waals surface area contributed by atoms with Gasteiger partial charge in [-0.3, -0.25) is 4.79 Å². The van der Waals surface area contributed by atoms with Gasteiger partial charge in [-0.25, -0.2) is 0 Å². The number of fused-ring (bicyclic) bond motifs is 2. The summed E-state index contributed by atoms with van der Waals surface area (Å²) in [5.41, 5.74) is 4.14. The fraction of sp³-hybridized carbons (Fsp3) is 0.316. The van der Waals surface area contributed by atoms with Crippen molar-refractivity contribution in [3.63, 3.8) is 0 Å². The molecule has 1 atom stereocenters. The minimum absolute atomic E-state index is 0. The normalized spacial score (nSPS) is 16.5. The molecule has 0 radical (unpaired) electrons. The largest absolute Gasteiger partial charge is 0.309 e. The van der Waals surface area contributed by atoms with E-state index in [-0.39, 0.29) is 18.2 Å². The summed E-state index contributed by atoms with van der Waals surface area (Å²) in [6.07, 6.45) is 2.03. The zero-order valence-corrected chi connectivity index (χ0v) is 13.9. The first-order chi connectivity index (χ1) is 10.2. The van der Waals surface area contributed by atoms with Gasteiger partial charge in [-0.15, -0.1) is 12.4 Å². The third kappa shape index (κ3) is 3.23. The van der Waals surface area contributed by atoms with Crippen molar-refractivity contribution in [1.29, 1.82) is 0 Å². The molecule has 116 valence electrons. The standard InChI is InChI=1S/C19H21NO.ClH/c1-20(2)12-11-15-13-14-7-3-4-9-17(14)19(21)18-10-6-5-8-16(15)18;/h3-10,15H,11-13H2,1-2H3;1H. The minimum Gasteiger partial charge on any atom is -0.309 e. The number of hydrogen-bond donors (Lipinski definition) is 0. The lowest BCUT2D eigenvalue weighted by atomic mass is 9.88. The number of ketones is 1. The van der Waals surface area contributed by atoms with E-state index in [0.717, 1.165) is 30.5 Å². The van der Waals surface area contributed by atoms with Crippen LogP contribution in [0.5, 0.6) is 0 Å². The van der Waals surface area contributed by atoms with Gasteiger partial charge >= 0.3 is 0 Å². The van der Waals surface area contributed by atoms with E-state index in [2.05, 4.69) is 31.1 Å². The molecule has 1 aliphatic rings. The van der Waals surface area contributed by atoms with Gasteiger partial charge < -0.3 is 4.90 Å². The number of hydrogen-bond acceptors (Lipinski definition) is 2. The van der Waals surface area contributed by atoms with Crippen LogP contribution in [-0.2, 0) is 6.42 Å². The van der Waals surface area contributed by atoms with Gasteiger partial charge in [0.25, 0.3) is 0 Å². The molecule has 0 aromatic heterocycles. The monoisotopic (exact) mass is 315 g/mol. The molecule has 0 saturated heterocycles. The number of carbonyl (C=O) groups is 1. The van der Waals surface area contributed by atoms with Crippen LogP contribution < -0.4 is 0 Å². The van der Waals surface area contributed by atoms with Gasteiger partial charge in [0.05, 0.1) is 0 Å². The van der Waals surface area contributed by atoms with Gasteiger partial charge in [-0.1, -0.05) is 48.5 Å². The first kappa shape index (κ1) is 16.7. The van der Waals surface area contributed by atoms with E-state index in [1.807, 2.05) is 36.4 Å². The van der Waals surface area contributed by atoms with Crippen molar-refractivity contribution >= 4 is 18.2 Å². The lowest BCUT2D eigenvalue weighted by molar-refractivity contribution is 0.103. The highest BCUT2D eigenvalue weighted by molar-refractivity contribution is 6.11. The molecule has 22 heavy (non-hydrogen) atoms. The highest BCUT2D eigenvalue weighted by Gasteiger charge is 2.26. The Balaban J connectivity index is 0.00000176. The summed E-state index contributed by atoms with van der Waals surface area (Å²) in [6, 6.07) is 16.2. The lowest BCUT2D eigenvalue weighted by Gasteiger charge is -2.19.